The smallest absolute Gasteiger partial charge is 0.246 e. The molecule has 0 aliphatic rings. The zero-order valence-electron chi connectivity index (χ0n) is 12.7. The van der Waals surface area contributed by atoms with E-state index in [0.29, 0.717) is 16.9 Å². The lowest BCUT2D eigenvalue weighted by molar-refractivity contribution is -0.116. The molecule has 0 saturated heterocycles. The number of halogens is 2. The van der Waals surface area contributed by atoms with Gasteiger partial charge in [-0.15, -0.1) is 0 Å². The van der Waals surface area contributed by atoms with E-state index in [1.54, 1.807) is 31.2 Å². The lowest BCUT2D eigenvalue weighted by Gasteiger charge is -2.16. The van der Waals surface area contributed by atoms with Gasteiger partial charge in [-0.05, 0) is 44.2 Å². The maximum Gasteiger partial charge on any atom is 0.246 e. The SMILES string of the molecule is CC(=O)c1cccc(N[C@H](C)C(=O)Nc2ccc(F)cc2Cl)c1. The number of hydrogen-bond donors (Lipinski definition) is 2. The summed E-state index contributed by atoms with van der Waals surface area (Å²) in [5.74, 6) is -0.851. The lowest BCUT2D eigenvalue weighted by Crippen LogP contribution is -2.32. The number of amides is 1. The van der Waals surface area contributed by atoms with Crippen LogP contribution < -0.4 is 10.6 Å². The molecule has 0 saturated carbocycles. The fourth-order valence-corrected chi connectivity index (χ4v) is 2.19. The molecule has 0 radical (unpaired) electrons. The fourth-order valence-electron chi connectivity index (χ4n) is 1.98. The summed E-state index contributed by atoms with van der Waals surface area (Å²) in [6.07, 6.45) is 0. The van der Waals surface area contributed by atoms with E-state index >= 15 is 0 Å². The summed E-state index contributed by atoms with van der Waals surface area (Å²) < 4.78 is 13.0. The van der Waals surface area contributed by atoms with Gasteiger partial charge in [0.15, 0.2) is 5.78 Å². The highest BCUT2D eigenvalue weighted by atomic mass is 35.5. The van der Waals surface area contributed by atoms with Crippen molar-refractivity contribution in [3.63, 3.8) is 0 Å². The Kier molecular flexibility index (Phi) is 5.34. The maximum absolute atomic E-state index is 13.0. The van der Waals surface area contributed by atoms with Gasteiger partial charge in [-0.25, -0.2) is 4.39 Å². The summed E-state index contributed by atoms with van der Waals surface area (Å²) in [7, 11) is 0. The molecular weight excluding hydrogens is 319 g/mol. The Morgan fingerprint density at radius 1 is 1.17 bits per heavy atom. The molecule has 2 aromatic rings. The Bertz CT molecular complexity index is 749. The van der Waals surface area contributed by atoms with E-state index in [4.69, 9.17) is 11.6 Å². The Morgan fingerprint density at radius 2 is 1.91 bits per heavy atom. The molecule has 0 heterocycles. The number of benzene rings is 2. The highest BCUT2D eigenvalue weighted by Crippen LogP contribution is 2.22. The molecule has 4 nitrogen and oxygen atoms in total. The van der Waals surface area contributed by atoms with Gasteiger partial charge in [0.1, 0.15) is 11.9 Å². The molecule has 0 aromatic heterocycles. The van der Waals surface area contributed by atoms with Crippen LogP contribution in [-0.2, 0) is 4.79 Å². The molecule has 0 aliphatic carbocycles. The number of anilines is 2. The molecule has 0 aliphatic heterocycles. The van der Waals surface area contributed by atoms with Crippen molar-refractivity contribution in [2.45, 2.75) is 19.9 Å². The van der Waals surface area contributed by atoms with E-state index in [1.807, 2.05) is 0 Å². The monoisotopic (exact) mass is 334 g/mol. The number of Topliss-reactive ketones (excluding diaryl/α,β-unsaturated/α-hetero) is 1. The first-order valence-corrected chi connectivity index (χ1v) is 7.38. The second kappa shape index (κ2) is 7.24. The van der Waals surface area contributed by atoms with Gasteiger partial charge in [0, 0.05) is 11.3 Å². The number of nitrogens with one attached hydrogen (secondary N) is 2. The third-order valence-corrected chi connectivity index (χ3v) is 3.55. The van der Waals surface area contributed by atoms with Crippen LogP contribution in [0.4, 0.5) is 15.8 Å². The van der Waals surface area contributed by atoms with Crippen LogP contribution in [0.2, 0.25) is 5.02 Å². The van der Waals surface area contributed by atoms with Gasteiger partial charge < -0.3 is 10.6 Å². The van der Waals surface area contributed by atoms with Crippen LogP contribution in [0.25, 0.3) is 0 Å². The summed E-state index contributed by atoms with van der Waals surface area (Å²) in [4.78, 5) is 23.6. The largest absolute Gasteiger partial charge is 0.374 e. The normalized spacial score (nSPS) is 11.7. The van der Waals surface area contributed by atoms with Gasteiger partial charge in [0.2, 0.25) is 5.91 Å². The van der Waals surface area contributed by atoms with E-state index < -0.39 is 11.9 Å². The van der Waals surface area contributed by atoms with Crippen molar-refractivity contribution in [2.75, 3.05) is 10.6 Å². The number of carbonyl (C=O) groups is 2. The molecule has 0 bridgehead atoms. The van der Waals surface area contributed by atoms with Gasteiger partial charge in [0.25, 0.3) is 0 Å². The molecule has 0 fully saturated rings. The van der Waals surface area contributed by atoms with Gasteiger partial charge in [-0.1, -0.05) is 23.7 Å². The summed E-state index contributed by atoms with van der Waals surface area (Å²) >= 11 is 5.88. The minimum Gasteiger partial charge on any atom is -0.374 e. The van der Waals surface area contributed by atoms with E-state index in [-0.39, 0.29) is 16.7 Å². The molecule has 1 atom stereocenters. The third-order valence-electron chi connectivity index (χ3n) is 3.23. The van der Waals surface area contributed by atoms with Crippen molar-refractivity contribution in [3.8, 4) is 0 Å². The second-order valence-corrected chi connectivity index (χ2v) is 5.52. The first kappa shape index (κ1) is 17.0. The van der Waals surface area contributed by atoms with Crippen molar-refractivity contribution in [2.24, 2.45) is 0 Å². The number of rotatable bonds is 5. The van der Waals surface area contributed by atoms with E-state index in [0.717, 1.165) is 6.07 Å². The molecule has 2 rings (SSSR count). The summed E-state index contributed by atoms with van der Waals surface area (Å²) in [5, 5.41) is 5.76. The molecule has 23 heavy (non-hydrogen) atoms. The molecular formula is C17H16ClFN2O2. The van der Waals surface area contributed by atoms with Crippen LogP contribution in [-0.4, -0.2) is 17.7 Å². The molecule has 120 valence electrons. The van der Waals surface area contributed by atoms with Crippen LogP contribution in [0.3, 0.4) is 0 Å². The minimum atomic E-state index is -0.571. The predicted molar refractivity (Wildman–Crippen MR) is 89.6 cm³/mol. The van der Waals surface area contributed by atoms with Crippen LogP contribution in [0.1, 0.15) is 24.2 Å². The van der Waals surface area contributed by atoms with Crippen molar-refractivity contribution < 1.29 is 14.0 Å². The van der Waals surface area contributed by atoms with E-state index in [2.05, 4.69) is 10.6 Å². The molecule has 0 spiro atoms. The van der Waals surface area contributed by atoms with Gasteiger partial charge >= 0.3 is 0 Å². The molecule has 1 amide bonds. The van der Waals surface area contributed by atoms with Crippen molar-refractivity contribution in [3.05, 3.63) is 58.9 Å². The maximum atomic E-state index is 13.0. The lowest BCUT2D eigenvalue weighted by atomic mass is 10.1. The Morgan fingerprint density at radius 3 is 2.57 bits per heavy atom. The Balaban J connectivity index is 2.05. The third kappa shape index (κ3) is 4.53. The number of ketones is 1. The average Bonchev–Trinajstić information content (AvgIpc) is 2.50. The molecule has 6 heteroatoms. The molecule has 2 N–H and O–H groups in total. The highest BCUT2D eigenvalue weighted by molar-refractivity contribution is 6.33. The van der Waals surface area contributed by atoms with Gasteiger partial charge in [0.05, 0.1) is 10.7 Å². The standard InChI is InChI=1S/C17H16ClFN2O2/c1-10(20-14-5-3-4-12(8-14)11(2)22)17(23)21-16-7-6-13(19)9-15(16)18/h3-10,20H,1-2H3,(H,21,23)/t10-/m1/s1. The van der Waals surface area contributed by atoms with E-state index in [9.17, 15) is 14.0 Å². The van der Waals surface area contributed by atoms with Crippen molar-refractivity contribution in [1.29, 1.82) is 0 Å². The van der Waals surface area contributed by atoms with Crippen LogP contribution >= 0.6 is 11.6 Å². The van der Waals surface area contributed by atoms with Crippen molar-refractivity contribution in [1.82, 2.24) is 0 Å². The fraction of sp³-hybridized carbons (Fsp3) is 0.176. The average molecular weight is 335 g/mol. The zero-order chi connectivity index (χ0) is 17.0. The summed E-state index contributed by atoms with van der Waals surface area (Å²) in [5.41, 5.74) is 1.55. The van der Waals surface area contributed by atoms with Gasteiger partial charge in [-0.2, -0.15) is 0 Å². The Labute approximate surface area is 138 Å². The molecule has 2 aromatic carbocycles. The minimum absolute atomic E-state index is 0.0520. The first-order valence-electron chi connectivity index (χ1n) is 7.00. The summed E-state index contributed by atoms with van der Waals surface area (Å²) in [6, 6.07) is 10.1. The van der Waals surface area contributed by atoms with Gasteiger partial charge in [-0.3, -0.25) is 9.59 Å². The number of hydrogen-bond acceptors (Lipinski definition) is 3. The van der Waals surface area contributed by atoms with E-state index in [1.165, 1.54) is 19.1 Å². The van der Waals surface area contributed by atoms with Crippen molar-refractivity contribution >= 4 is 34.7 Å². The predicted octanol–water partition coefficient (Wildman–Crippen LogP) is 4.12. The summed E-state index contributed by atoms with van der Waals surface area (Å²) in [6.45, 7) is 3.15. The van der Waals surface area contributed by atoms with Crippen LogP contribution in [0.5, 0.6) is 0 Å². The number of carbonyl (C=O) groups excluding carboxylic acids is 2. The first-order chi connectivity index (χ1) is 10.9. The second-order valence-electron chi connectivity index (χ2n) is 5.12. The van der Waals surface area contributed by atoms with Crippen LogP contribution in [0.15, 0.2) is 42.5 Å². The molecule has 0 unspecified atom stereocenters. The quantitative estimate of drug-likeness (QED) is 0.809. The topological polar surface area (TPSA) is 58.2 Å². The zero-order valence-corrected chi connectivity index (χ0v) is 13.4. The van der Waals surface area contributed by atoms with Crippen LogP contribution in [0, 0.1) is 5.82 Å². The highest BCUT2D eigenvalue weighted by Gasteiger charge is 2.15. The Hall–Kier alpha value is -2.40.